The van der Waals surface area contributed by atoms with E-state index in [0.717, 1.165) is 17.7 Å². The minimum absolute atomic E-state index is 0.199. The predicted octanol–water partition coefficient (Wildman–Crippen LogP) is 4.30. The molecule has 0 bridgehead atoms. The van der Waals surface area contributed by atoms with Crippen LogP contribution in [0.3, 0.4) is 0 Å². The Balaban J connectivity index is 2.04. The molecule has 2 unspecified atom stereocenters. The van der Waals surface area contributed by atoms with Crippen molar-refractivity contribution in [2.45, 2.75) is 25.9 Å². The fraction of sp³-hybridized carbons (Fsp3) is 0.235. The van der Waals surface area contributed by atoms with Crippen LogP contribution in [0.5, 0.6) is 0 Å². The summed E-state index contributed by atoms with van der Waals surface area (Å²) in [7, 11) is 0. The Hall–Kier alpha value is -1.98. The first-order valence-corrected chi connectivity index (χ1v) is 7.53. The van der Waals surface area contributed by atoms with Gasteiger partial charge in [0.1, 0.15) is 17.3 Å². The zero-order valence-corrected chi connectivity index (χ0v) is 13.5. The van der Waals surface area contributed by atoms with E-state index in [0.29, 0.717) is 5.02 Å². The minimum atomic E-state index is -0.815. The zero-order valence-electron chi connectivity index (χ0n) is 12.7. The molecule has 0 aliphatic rings. The second-order valence-electron chi connectivity index (χ2n) is 5.22. The van der Waals surface area contributed by atoms with E-state index in [2.05, 4.69) is 10.6 Å². The van der Waals surface area contributed by atoms with Gasteiger partial charge in [0.2, 0.25) is 5.91 Å². The Morgan fingerprint density at radius 2 is 1.65 bits per heavy atom. The van der Waals surface area contributed by atoms with Crippen LogP contribution in [-0.2, 0) is 4.79 Å². The quantitative estimate of drug-likeness (QED) is 0.853. The van der Waals surface area contributed by atoms with Crippen LogP contribution in [0.4, 0.5) is 14.5 Å². The molecular weight excluding hydrogens is 322 g/mol. The Kier molecular flexibility index (Phi) is 5.69. The number of para-hydroxylation sites is 1. The summed E-state index contributed by atoms with van der Waals surface area (Å²) in [5.41, 5.74) is 0.391. The molecule has 2 rings (SSSR count). The van der Waals surface area contributed by atoms with Crippen molar-refractivity contribution in [2.24, 2.45) is 0 Å². The van der Waals surface area contributed by atoms with Gasteiger partial charge >= 0.3 is 0 Å². The Labute approximate surface area is 138 Å². The molecule has 2 atom stereocenters. The highest BCUT2D eigenvalue weighted by molar-refractivity contribution is 6.31. The summed E-state index contributed by atoms with van der Waals surface area (Å²) in [6.45, 7) is 3.47. The van der Waals surface area contributed by atoms with Gasteiger partial charge in [0.05, 0.1) is 6.04 Å². The van der Waals surface area contributed by atoms with E-state index in [1.54, 1.807) is 13.0 Å². The van der Waals surface area contributed by atoms with E-state index in [9.17, 15) is 13.6 Å². The third-order valence-corrected chi connectivity index (χ3v) is 3.82. The molecule has 0 radical (unpaired) electrons. The van der Waals surface area contributed by atoms with Gasteiger partial charge < -0.3 is 5.32 Å². The molecule has 0 aliphatic heterocycles. The molecular formula is C17H17ClF2N2O. The van der Waals surface area contributed by atoms with Crippen molar-refractivity contribution in [2.75, 3.05) is 5.32 Å². The third kappa shape index (κ3) is 4.27. The molecule has 0 aliphatic carbocycles. The largest absolute Gasteiger partial charge is 0.320 e. The van der Waals surface area contributed by atoms with E-state index in [1.165, 1.54) is 6.07 Å². The molecule has 0 heterocycles. The smallest absolute Gasteiger partial charge is 0.241 e. The lowest BCUT2D eigenvalue weighted by Gasteiger charge is -2.21. The van der Waals surface area contributed by atoms with Crippen LogP contribution in [-0.4, -0.2) is 11.9 Å². The molecule has 0 fully saturated rings. The molecule has 2 aromatic carbocycles. The first kappa shape index (κ1) is 17.4. The van der Waals surface area contributed by atoms with Crippen molar-refractivity contribution in [1.82, 2.24) is 5.32 Å². The normalized spacial score (nSPS) is 13.4. The third-order valence-electron chi connectivity index (χ3n) is 3.48. The van der Waals surface area contributed by atoms with Gasteiger partial charge in [-0.25, -0.2) is 8.78 Å². The molecule has 122 valence electrons. The molecule has 2 N–H and O–H groups in total. The lowest BCUT2D eigenvalue weighted by molar-refractivity contribution is -0.118. The van der Waals surface area contributed by atoms with Crippen LogP contribution in [0.2, 0.25) is 5.02 Å². The number of anilines is 1. The number of carbonyl (C=O) groups is 1. The molecule has 0 aromatic heterocycles. The average molecular weight is 339 g/mol. The van der Waals surface area contributed by atoms with Gasteiger partial charge in [0.25, 0.3) is 0 Å². The van der Waals surface area contributed by atoms with Crippen LogP contribution in [0.1, 0.15) is 25.5 Å². The van der Waals surface area contributed by atoms with Crippen LogP contribution in [0, 0.1) is 11.6 Å². The monoisotopic (exact) mass is 338 g/mol. The van der Waals surface area contributed by atoms with Gasteiger partial charge in [-0.1, -0.05) is 35.9 Å². The summed E-state index contributed by atoms with van der Waals surface area (Å²) in [6.07, 6.45) is 0. The number of rotatable bonds is 5. The maximum Gasteiger partial charge on any atom is 0.241 e. The predicted molar refractivity (Wildman–Crippen MR) is 87.5 cm³/mol. The van der Waals surface area contributed by atoms with E-state index in [1.807, 2.05) is 25.1 Å². The van der Waals surface area contributed by atoms with Crippen LogP contribution in [0.25, 0.3) is 0 Å². The van der Waals surface area contributed by atoms with Gasteiger partial charge in [0, 0.05) is 11.1 Å². The van der Waals surface area contributed by atoms with Gasteiger partial charge in [-0.3, -0.25) is 10.1 Å². The standard InChI is InChI=1S/C17H17ClF2N2O/c1-10(12-6-3-4-7-13(12)18)21-11(2)17(23)22-16-14(19)8-5-9-15(16)20/h3-11,21H,1-2H3,(H,22,23). The molecule has 6 heteroatoms. The highest BCUT2D eigenvalue weighted by Crippen LogP contribution is 2.23. The van der Waals surface area contributed by atoms with Gasteiger partial charge in [0.15, 0.2) is 0 Å². The molecule has 0 saturated carbocycles. The van der Waals surface area contributed by atoms with E-state index >= 15 is 0 Å². The first-order valence-electron chi connectivity index (χ1n) is 7.15. The maximum atomic E-state index is 13.6. The fourth-order valence-electron chi connectivity index (χ4n) is 2.22. The second kappa shape index (κ2) is 7.53. The SMILES string of the molecule is CC(NC(C)c1ccccc1Cl)C(=O)Nc1c(F)cccc1F. The molecule has 1 amide bonds. The molecule has 3 nitrogen and oxygen atoms in total. The molecule has 0 spiro atoms. The zero-order chi connectivity index (χ0) is 17.0. The van der Waals surface area contributed by atoms with E-state index < -0.39 is 29.3 Å². The van der Waals surface area contributed by atoms with E-state index in [4.69, 9.17) is 11.6 Å². The summed E-state index contributed by atoms with van der Waals surface area (Å²) in [4.78, 5) is 12.1. The summed E-state index contributed by atoms with van der Waals surface area (Å²) >= 11 is 6.11. The van der Waals surface area contributed by atoms with Gasteiger partial charge in [-0.05, 0) is 37.6 Å². The summed E-state index contributed by atoms with van der Waals surface area (Å²) < 4.78 is 27.1. The van der Waals surface area contributed by atoms with Gasteiger partial charge in [-0.15, -0.1) is 0 Å². The molecule has 2 aromatic rings. The van der Waals surface area contributed by atoms with Crippen molar-refractivity contribution < 1.29 is 13.6 Å². The van der Waals surface area contributed by atoms with Crippen LogP contribution in [0.15, 0.2) is 42.5 Å². The number of nitrogens with one attached hydrogen (secondary N) is 2. The van der Waals surface area contributed by atoms with Crippen LogP contribution >= 0.6 is 11.6 Å². The van der Waals surface area contributed by atoms with Gasteiger partial charge in [-0.2, -0.15) is 0 Å². The average Bonchev–Trinajstić information content (AvgIpc) is 2.51. The Morgan fingerprint density at radius 3 is 2.26 bits per heavy atom. The first-order chi connectivity index (χ1) is 10.9. The lowest BCUT2D eigenvalue weighted by atomic mass is 10.1. The van der Waals surface area contributed by atoms with Crippen molar-refractivity contribution in [3.8, 4) is 0 Å². The highest BCUT2D eigenvalue weighted by Gasteiger charge is 2.20. The summed E-state index contributed by atoms with van der Waals surface area (Å²) in [6, 6.07) is 9.81. The van der Waals surface area contributed by atoms with Crippen LogP contribution < -0.4 is 10.6 Å². The number of carbonyl (C=O) groups excluding carboxylic acids is 1. The fourth-order valence-corrected chi connectivity index (χ4v) is 2.51. The lowest BCUT2D eigenvalue weighted by Crippen LogP contribution is -2.39. The number of hydrogen-bond donors (Lipinski definition) is 2. The molecule has 23 heavy (non-hydrogen) atoms. The summed E-state index contributed by atoms with van der Waals surface area (Å²) in [5, 5.41) is 5.90. The van der Waals surface area contributed by atoms with Crippen molar-refractivity contribution in [3.63, 3.8) is 0 Å². The number of halogens is 3. The maximum absolute atomic E-state index is 13.6. The molecule has 0 saturated heterocycles. The number of benzene rings is 2. The Bertz CT molecular complexity index is 688. The minimum Gasteiger partial charge on any atom is -0.320 e. The van der Waals surface area contributed by atoms with E-state index in [-0.39, 0.29) is 6.04 Å². The highest BCUT2D eigenvalue weighted by atomic mass is 35.5. The number of hydrogen-bond acceptors (Lipinski definition) is 2. The second-order valence-corrected chi connectivity index (χ2v) is 5.62. The van der Waals surface area contributed by atoms with Crippen molar-refractivity contribution in [1.29, 1.82) is 0 Å². The number of amides is 1. The van der Waals surface area contributed by atoms with Crippen molar-refractivity contribution in [3.05, 3.63) is 64.7 Å². The summed E-state index contributed by atoms with van der Waals surface area (Å²) in [5.74, 6) is -2.16. The van der Waals surface area contributed by atoms with Crippen molar-refractivity contribution >= 4 is 23.2 Å². The Morgan fingerprint density at radius 1 is 1.04 bits per heavy atom. The topological polar surface area (TPSA) is 41.1 Å².